The summed E-state index contributed by atoms with van der Waals surface area (Å²) in [7, 11) is 0. The number of hydrogen-bond acceptors (Lipinski definition) is 3. The predicted octanol–water partition coefficient (Wildman–Crippen LogP) is 4.97. The number of rotatable bonds is 3. The van der Waals surface area contributed by atoms with Gasteiger partial charge in [-0.3, -0.25) is 4.90 Å². The number of halogens is 1. The van der Waals surface area contributed by atoms with Gasteiger partial charge in [-0.25, -0.2) is 4.39 Å². The summed E-state index contributed by atoms with van der Waals surface area (Å²) < 4.78 is 19.1. The number of likely N-dealkylation sites (tertiary alicyclic amines) is 1. The smallest absolute Gasteiger partial charge is 0.123 e. The molecule has 4 heteroatoms. The van der Waals surface area contributed by atoms with E-state index in [0.717, 1.165) is 43.1 Å². The van der Waals surface area contributed by atoms with Crippen LogP contribution >= 0.6 is 0 Å². The van der Waals surface area contributed by atoms with Gasteiger partial charge < -0.3 is 4.74 Å². The van der Waals surface area contributed by atoms with Crippen LogP contribution < -0.4 is 4.74 Å². The van der Waals surface area contributed by atoms with Crippen molar-refractivity contribution in [3.8, 4) is 22.9 Å². The van der Waals surface area contributed by atoms with Crippen molar-refractivity contribution in [2.45, 2.75) is 12.5 Å². The molecule has 3 nitrogen and oxygen atoms in total. The van der Waals surface area contributed by atoms with Crippen molar-refractivity contribution in [2.24, 2.45) is 5.92 Å². The molecule has 0 aliphatic carbocycles. The average molecular weight is 384 g/mol. The molecule has 3 aromatic rings. The lowest BCUT2D eigenvalue weighted by molar-refractivity contribution is 0.212. The lowest BCUT2D eigenvalue weighted by Gasteiger charge is -2.27. The molecular weight excluding hydrogens is 363 g/mol. The minimum absolute atomic E-state index is 0.215. The minimum Gasteiger partial charge on any atom is -0.493 e. The number of ether oxygens (including phenoxy) is 1. The summed E-state index contributed by atoms with van der Waals surface area (Å²) >= 11 is 0. The largest absolute Gasteiger partial charge is 0.493 e. The first-order valence-corrected chi connectivity index (χ1v) is 9.94. The Morgan fingerprint density at radius 2 is 1.69 bits per heavy atom. The number of nitrogens with zero attached hydrogens (tertiary/aromatic N) is 2. The van der Waals surface area contributed by atoms with E-state index in [9.17, 15) is 9.65 Å². The molecule has 2 aliphatic heterocycles. The summed E-state index contributed by atoms with van der Waals surface area (Å²) in [5.41, 5.74) is 5.25. The fraction of sp³-hybridized carbons (Fsp3) is 0.240. The highest BCUT2D eigenvalue weighted by Gasteiger charge is 2.38. The zero-order valence-corrected chi connectivity index (χ0v) is 16.0. The van der Waals surface area contributed by atoms with Crippen LogP contribution in [0.3, 0.4) is 0 Å². The molecule has 29 heavy (non-hydrogen) atoms. The molecule has 0 bridgehead atoms. The van der Waals surface area contributed by atoms with Crippen LogP contribution in [0.2, 0.25) is 0 Å². The summed E-state index contributed by atoms with van der Waals surface area (Å²) in [6.07, 6.45) is 0. The molecule has 1 saturated heterocycles. The van der Waals surface area contributed by atoms with Gasteiger partial charge in [-0.15, -0.1) is 0 Å². The number of nitriles is 1. The monoisotopic (exact) mass is 384 g/mol. The predicted molar refractivity (Wildman–Crippen MR) is 110 cm³/mol. The van der Waals surface area contributed by atoms with Crippen molar-refractivity contribution in [2.75, 3.05) is 19.7 Å². The highest BCUT2D eigenvalue weighted by atomic mass is 19.1. The van der Waals surface area contributed by atoms with Crippen LogP contribution in [0.1, 0.15) is 22.6 Å². The Labute approximate surface area is 170 Å². The van der Waals surface area contributed by atoms with Crippen LogP contribution in [0.25, 0.3) is 11.1 Å². The van der Waals surface area contributed by atoms with Gasteiger partial charge in [-0.05, 0) is 47.0 Å². The summed E-state index contributed by atoms with van der Waals surface area (Å²) in [5.74, 6) is 1.60. The van der Waals surface area contributed by atoms with Gasteiger partial charge in [-0.2, -0.15) is 5.26 Å². The zero-order valence-electron chi connectivity index (χ0n) is 16.0. The van der Waals surface area contributed by atoms with Gasteiger partial charge >= 0.3 is 0 Å². The fourth-order valence-electron chi connectivity index (χ4n) is 4.55. The Morgan fingerprint density at radius 3 is 2.41 bits per heavy atom. The van der Waals surface area contributed by atoms with Crippen LogP contribution in [-0.4, -0.2) is 24.6 Å². The van der Waals surface area contributed by atoms with Gasteiger partial charge in [0.1, 0.15) is 11.6 Å². The Morgan fingerprint density at radius 1 is 0.966 bits per heavy atom. The summed E-state index contributed by atoms with van der Waals surface area (Å²) in [5, 5.41) is 9.22. The molecule has 0 amide bonds. The average Bonchev–Trinajstić information content (AvgIpc) is 3.17. The molecule has 0 spiro atoms. The van der Waals surface area contributed by atoms with Crippen molar-refractivity contribution >= 4 is 0 Å². The lowest BCUT2D eigenvalue weighted by Crippen LogP contribution is -2.25. The van der Waals surface area contributed by atoms with Gasteiger partial charge in [0.25, 0.3) is 0 Å². The maximum Gasteiger partial charge on any atom is 0.123 e. The maximum absolute atomic E-state index is 13.1. The second-order valence-corrected chi connectivity index (χ2v) is 7.94. The highest BCUT2D eigenvalue weighted by Crippen LogP contribution is 2.42. The highest BCUT2D eigenvalue weighted by molar-refractivity contribution is 5.63. The van der Waals surface area contributed by atoms with Crippen molar-refractivity contribution in [3.63, 3.8) is 0 Å². The fourth-order valence-corrected chi connectivity index (χ4v) is 4.55. The molecular formula is C25H21FN2O. The number of fused-ring (bicyclic) bond motifs is 3. The van der Waals surface area contributed by atoms with Crippen LogP contribution in [0.5, 0.6) is 5.75 Å². The molecule has 0 aromatic heterocycles. The summed E-state index contributed by atoms with van der Waals surface area (Å²) in [6.45, 7) is 3.61. The van der Waals surface area contributed by atoms with E-state index < -0.39 is 0 Å². The van der Waals surface area contributed by atoms with Crippen LogP contribution in [0.15, 0.2) is 66.7 Å². The van der Waals surface area contributed by atoms with Gasteiger partial charge in [0.15, 0.2) is 0 Å². The third-order valence-corrected chi connectivity index (χ3v) is 6.05. The normalized spacial score (nSPS) is 20.4. The van der Waals surface area contributed by atoms with E-state index in [0.29, 0.717) is 17.4 Å². The molecule has 2 atom stereocenters. The van der Waals surface area contributed by atoms with Crippen molar-refractivity contribution < 1.29 is 9.13 Å². The Hall–Kier alpha value is -3.16. The Balaban J connectivity index is 1.30. The van der Waals surface area contributed by atoms with Gasteiger partial charge in [-0.1, -0.05) is 36.4 Å². The quantitative estimate of drug-likeness (QED) is 0.639. The van der Waals surface area contributed by atoms with Crippen LogP contribution in [0, 0.1) is 23.1 Å². The van der Waals surface area contributed by atoms with Crippen molar-refractivity contribution in [1.29, 1.82) is 5.26 Å². The molecule has 0 saturated carbocycles. The van der Waals surface area contributed by atoms with Crippen LogP contribution in [-0.2, 0) is 6.54 Å². The van der Waals surface area contributed by atoms with Crippen molar-refractivity contribution in [1.82, 2.24) is 4.90 Å². The van der Waals surface area contributed by atoms with Gasteiger partial charge in [0, 0.05) is 37.0 Å². The first-order valence-electron chi connectivity index (χ1n) is 9.94. The Kier molecular flexibility index (Phi) is 4.54. The Bertz CT molecular complexity index is 1070. The van der Waals surface area contributed by atoms with E-state index in [1.165, 1.54) is 23.3 Å². The standard InChI is InChI=1S/C25H21FN2O/c26-22-8-6-20(7-9-22)19-4-1-17(2-5-19)13-28-14-21-16-29-25-10-3-18(12-27)11-23(25)24(21)15-28/h1-11,21,24H,13-16H2/t21-,24+/m1/s1. The lowest BCUT2D eigenvalue weighted by atomic mass is 9.86. The van der Waals surface area contributed by atoms with E-state index in [-0.39, 0.29) is 5.82 Å². The van der Waals surface area contributed by atoms with Gasteiger partial charge in [0.05, 0.1) is 18.2 Å². The molecule has 2 heterocycles. The molecule has 0 N–H and O–H groups in total. The van der Waals surface area contributed by atoms with E-state index in [4.69, 9.17) is 4.74 Å². The molecule has 0 radical (unpaired) electrons. The third-order valence-electron chi connectivity index (χ3n) is 6.05. The molecule has 2 aliphatic rings. The van der Waals surface area contributed by atoms with Crippen LogP contribution in [0.4, 0.5) is 4.39 Å². The summed E-state index contributed by atoms with van der Waals surface area (Å²) in [4.78, 5) is 2.47. The number of benzene rings is 3. The minimum atomic E-state index is -0.215. The van der Waals surface area contributed by atoms with E-state index >= 15 is 0 Å². The molecule has 5 rings (SSSR count). The first-order chi connectivity index (χ1) is 14.2. The second kappa shape index (κ2) is 7.35. The van der Waals surface area contributed by atoms with E-state index in [1.807, 2.05) is 30.3 Å². The topological polar surface area (TPSA) is 36.3 Å². The number of hydrogen-bond donors (Lipinski definition) is 0. The zero-order chi connectivity index (χ0) is 19.8. The summed E-state index contributed by atoms with van der Waals surface area (Å²) in [6, 6.07) is 23.1. The van der Waals surface area contributed by atoms with Gasteiger partial charge in [0.2, 0.25) is 0 Å². The molecule has 3 aromatic carbocycles. The molecule has 144 valence electrons. The van der Waals surface area contributed by atoms with E-state index in [1.54, 1.807) is 0 Å². The second-order valence-electron chi connectivity index (χ2n) is 7.94. The SMILES string of the molecule is N#Cc1ccc2c(c1)[C@H]1CN(Cc3ccc(-c4ccc(F)cc4)cc3)C[C@@H]1CO2. The van der Waals surface area contributed by atoms with E-state index in [2.05, 4.69) is 35.2 Å². The maximum atomic E-state index is 13.1. The van der Waals surface area contributed by atoms with Crippen molar-refractivity contribution in [3.05, 3.63) is 89.2 Å². The third kappa shape index (κ3) is 3.50. The molecule has 1 fully saturated rings. The molecule has 0 unspecified atom stereocenters. The first kappa shape index (κ1) is 17.9.